The van der Waals surface area contributed by atoms with E-state index in [-0.39, 0.29) is 36.6 Å². The Morgan fingerprint density at radius 3 is 2.71 bits per heavy atom. The van der Waals surface area contributed by atoms with Gasteiger partial charge in [0.25, 0.3) is 0 Å². The highest BCUT2D eigenvalue weighted by Crippen LogP contribution is 2.42. The third-order valence-corrected chi connectivity index (χ3v) is 5.27. The maximum absolute atomic E-state index is 12.2. The standard InChI is InChI=1S/C20H22N4O4/c21-17(25)9-12-2-5-16(6-3-12)27-11-18-23-20(28-24-18)19(26)22-10-15-8-13-1-4-14(15)7-13/h1-6,13-15H,7-11H2,(H2,21,25)(H,22,26)/t13-,14-,15-/m0/s1. The van der Waals surface area contributed by atoms with E-state index >= 15 is 0 Å². The van der Waals surface area contributed by atoms with E-state index in [9.17, 15) is 9.59 Å². The molecule has 2 aliphatic carbocycles. The average molecular weight is 382 g/mol. The van der Waals surface area contributed by atoms with Crippen molar-refractivity contribution in [3.05, 3.63) is 53.7 Å². The van der Waals surface area contributed by atoms with Crippen LogP contribution < -0.4 is 15.8 Å². The largest absolute Gasteiger partial charge is 0.485 e. The number of hydrogen-bond acceptors (Lipinski definition) is 6. The topological polar surface area (TPSA) is 120 Å². The van der Waals surface area contributed by atoms with E-state index in [1.807, 2.05) is 0 Å². The maximum atomic E-state index is 12.2. The van der Waals surface area contributed by atoms with Gasteiger partial charge in [-0.2, -0.15) is 4.98 Å². The highest BCUT2D eigenvalue weighted by Gasteiger charge is 2.35. The van der Waals surface area contributed by atoms with Gasteiger partial charge in [-0.25, -0.2) is 0 Å². The number of ether oxygens (including phenoxy) is 1. The van der Waals surface area contributed by atoms with Crippen molar-refractivity contribution in [2.45, 2.75) is 25.9 Å². The van der Waals surface area contributed by atoms with Crippen LogP contribution in [0.15, 0.2) is 40.9 Å². The van der Waals surface area contributed by atoms with Gasteiger partial charge in [0.2, 0.25) is 11.7 Å². The first-order chi connectivity index (χ1) is 13.6. The molecule has 4 rings (SSSR count). The molecule has 0 saturated heterocycles. The molecule has 3 N–H and O–H groups in total. The van der Waals surface area contributed by atoms with E-state index in [0.717, 1.165) is 12.0 Å². The Morgan fingerprint density at radius 2 is 2.04 bits per heavy atom. The fourth-order valence-corrected chi connectivity index (χ4v) is 3.89. The highest BCUT2D eigenvalue weighted by molar-refractivity contribution is 5.89. The zero-order valence-electron chi connectivity index (χ0n) is 15.3. The number of nitrogens with one attached hydrogen (secondary N) is 1. The molecule has 8 heteroatoms. The van der Waals surface area contributed by atoms with Crippen molar-refractivity contribution in [3.8, 4) is 5.75 Å². The maximum Gasteiger partial charge on any atom is 0.316 e. The fourth-order valence-electron chi connectivity index (χ4n) is 3.89. The molecule has 1 heterocycles. The number of nitrogens with two attached hydrogens (primary N) is 1. The lowest BCUT2D eigenvalue weighted by atomic mass is 9.94. The minimum absolute atomic E-state index is 0.0610. The summed E-state index contributed by atoms with van der Waals surface area (Å²) in [5, 5.41) is 6.67. The molecule has 28 heavy (non-hydrogen) atoms. The van der Waals surface area contributed by atoms with Crippen LogP contribution in [0.1, 0.15) is 34.9 Å². The van der Waals surface area contributed by atoms with Gasteiger partial charge in [-0.05, 0) is 48.3 Å². The molecular formula is C20H22N4O4. The number of benzene rings is 1. The SMILES string of the molecule is NC(=O)Cc1ccc(OCc2noc(C(=O)NC[C@@H]3C[C@H]4C=C[C@H]3C4)n2)cc1. The summed E-state index contributed by atoms with van der Waals surface area (Å²) < 4.78 is 10.6. The van der Waals surface area contributed by atoms with Gasteiger partial charge < -0.3 is 20.3 Å². The monoisotopic (exact) mass is 382 g/mol. The molecule has 1 aromatic heterocycles. The van der Waals surface area contributed by atoms with Crippen LogP contribution in [0.4, 0.5) is 0 Å². The summed E-state index contributed by atoms with van der Waals surface area (Å²) in [6.45, 7) is 0.694. The van der Waals surface area contributed by atoms with Crippen molar-refractivity contribution in [2.75, 3.05) is 6.54 Å². The number of nitrogens with zero attached hydrogens (tertiary/aromatic N) is 2. The number of amides is 2. The zero-order chi connectivity index (χ0) is 19.5. The molecule has 1 fully saturated rings. The molecule has 2 aliphatic rings. The molecule has 0 unspecified atom stereocenters. The van der Waals surface area contributed by atoms with Crippen LogP contribution in [0, 0.1) is 17.8 Å². The molecule has 0 aliphatic heterocycles. The molecule has 3 atom stereocenters. The smallest absolute Gasteiger partial charge is 0.316 e. The number of rotatable bonds is 8. The van der Waals surface area contributed by atoms with Gasteiger partial charge >= 0.3 is 11.8 Å². The summed E-state index contributed by atoms with van der Waals surface area (Å²) in [6.07, 6.45) is 7.04. The predicted octanol–water partition coefficient (Wildman–Crippen LogP) is 1.62. The number of carbonyl (C=O) groups is 2. The van der Waals surface area contributed by atoms with Crippen LogP contribution in [0.5, 0.6) is 5.75 Å². The molecule has 0 radical (unpaired) electrons. The molecule has 146 valence electrons. The lowest BCUT2D eigenvalue weighted by molar-refractivity contribution is -0.117. The Kier molecular flexibility index (Phi) is 5.10. The summed E-state index contributed by atoms with van der Waals surface area (Å²) in [5.74, 6) is 1.80. The molecule has 1 aromatic carbocycles. The molecular weight excluding hydrogens is 360 g/mol. The second-order valence-electron chi connectivity index (χ2n) is 7.34. The van der Waals surface area contributed by atoms with Crippen LogP contribution in [-0.4, -0.2) is 28.5 Å². The van der Waals surface area contributed by atoms with Crippen molar-refractivity contribution < 1.29 is 18.8 Å². The lowest BCUT2D eigenvalue weighted by Crippen LogP contribution is -2.31. The summed E-state index contributed by atoms with van der Waals surface area (Å²) in [7, 11) is 0. The van der Waals surface area contributed by atoms with Crippen LogP contribution in [0.3, 0.4) is 0 Å². The molecule has 2 aromatic rings. The van der Waals surface area contributed by atoms with Gasteiger partial charge in [0.05, 0.1) is 6.42 Å². The third kappa shape index (κ3) is 4.21. The number of hydrogen-bond donors (Lipinski definition) is 2. The molecule has 2 bridgehead atoms. The van der Waals surface area contributed by atoms with Crippen molar-refractivity contribution in [2.24, 2.45) is 23.5 Å². The quantitative estimate of drug-likeness (QED) is 0.669. The number of allylic oxidation sites excluding steroid dienone is 2. The number of fused-ring (bicyclic) bond motifs is 2. The van der Waals surface area contributed by atoms with Gasteiger partial charge in [-0.15, -0.1) is 0 Å². The first-order valence-electron chi connectivity index (χ1n) is 9.36. The first-order valence-corrected chi connectivity index (χ1v) is 9.36. The highest BCUT2D eigenvalue weighted by atomic mass is 16.5. The average Bonchev–Trinajstić information content (AvgIpc) is 3.42. The van der Waals surface area contributed by atoms with Crippen LogP contribution in [-0.2, 0) is 17.8 Å². The Labute approximate surface area is 162 Å². The van der Waals surface area contributed by atoms with Gasteiger partial charge in [0, 0.05) is 6.54 Å². The van der Waals surface area contributed by atoms with Gasteiger partial charge in [-0.1, -0.05) is 29.4 Å². The minimum atomic E-state index is -0.386. The second-order valence-corrected chi connectivity index (χ2v) is 7.34. The van der Waals surface area contributed by atoms with Crippen LogP contribution >= 0.6 is 0 Å². The molecule has 1 saturated carbocycles. The Hall–Kier alpha value is -3.16. The summed E-state index contributed by atoms with van der Waals surface area (Å²) in [6, 6.07) is 6.99. The fraction of sp³-hybridized carbons (Fsp3) is 0.400. The number of primary amides is 1. The molecule has 0 spiro atoms. The van der Waals surface area contributed by atoms with E-state index in [0.29, 0.717) is 30.0 Å². The summed E-state index contributed by atoms with van der Waals surface area (Å²) in [4.78, 5) is 27.2. The van der Waals surface area contributed by atoms with Crippen molar-refractivity contribution in [1.82, 2.24) is 15.5 Å². The normalized spacial score (nSPS) is 22.4. The van der Waals surface area contributed by atoms with E-state index in [1.165, 1.54) is 6.42 Å². The molecule has 2 amide bonds. The third-order valence-electron chi connectivity index (χ3n) is 5.27. The predicted molar refractivity (Wildman–Crippen MR) is 99.1 cm³/mol. The van der Waals surface area contributed by atoms with E-state index in [4.69, 9.17) is 15.0 Å². The zero-order valence-corrected chi connectivity index (χ0v) is 15.3. The minimum Gasteiger partial charge on any atom is -0.485 e. The number of aromatic nitrogens is 2. The van der Waals surface area contributed by atoms with Crippen molar-refractivity contribution in [3.63, 3.8) is 0 Å². The number of carbonyl (C=O) groups excluding carboxylic acids is 2. The van der Waals surface area contributed by atoms with Crippen LogP contribution in [0.2, 0.25) is 0 Å². The molecule has 8 nitrogen and oxygen atoms in total. The van der Waals surface area contributed by atoms with E-state index in [1.54, 1.807) is 24.3 Å². The van der Waals surface area contributed by atoms with Gasteiger partial charge in [-0.3, -0.25) is 9.59 Å². The Bertz CT molecular complexity index is 890. The first kappa shape index (κ1) is 18.2. The second kappa shape index (κ2) is 7.84. The van der Waals surface area contributed by atoms with Crippen LogP contribution in [0.25, 0.3) is 0 Å². The Morgan fingerprint density at radius 1 is 1.21 bits per heavy atom. The van der Waals surface area contributed by atoms with E-state index < -0.39 is 0 Å². The van der Waals surface area contributed by atoms with Gasteiger partial charge in [0.1, 0.15) is 5.75 Å². The summed E-state index contributed by atoms with van der Waals surface area (Å²) in [5.41, 5.74) is 5.97. The summed E-state index contributed by atoms with van der Waals surface area (Å²) >= 11 is 0. The van der Waals surface area contributed by atoms with Gasteiger partial charge in [0.15, 0.2) is 6.61 Å². The van der Waals surface area contributed by atoms with Crippen molar-refractivity contribution >= 4 is 11.8 Å². The Balaban J connectivity index is 1.25. The van der Waals surface area contributed by atoms with E-state index in [2.05, 4.69) is 27.6 Å². The lowest BCUT2D eigenvalue weighted by Gasteiger charge is -2.17. The van der Waals surface area contributed by atoms with Crippen molar-refractivity contribution in [1.29, 1.82) is 0 Å².